The summed E-state index contributed by atoms with van der Waals surface area (Å²) in [6, 6.07) is 8.26. The van der Waals surface area contributed by atoms with Crippen molar-refractivity contribution in [1.29, 1.82) is 0 Å². The van der Waals surface area contributed by atoms with Crippen LogP contribution in [0.4, 0.5) is 5.82 Å². The Balaban J connectivity index is 1.64. The van der Waals surface area contributed by atoms with Crippen molar-refractivity contribution in [2.75, 3.05) is 5.73 Å². The number of aryl methyl sites for hydroxylation is 1. The van der Waals surface area contributed by atoms with E-state index in [0.29, 0.717) is 35.5 Å². The van der Waals surface area contributed by atoms with Crippen molar-refractivity contribution in [1.82, 2.24) is 29.5 Å². The molecule has 1 aromatic carbocycles. The topological polar surface area (TPSA) is 149 Å². The third-order valence-corrected chi connectivity index (χ3v) is 7.23. The number of benzene rings is 1. The van der Waals surface area contributed by atoms with Crippen molar-refractivity contribution >= 4 is 15.8 Å². The van der Waals surface area contributed by atoms with Gasteiger partial charge in [-0.15, -0.1) is 0 Å². The van der Waals surface area contributed by atoms with Crippen molar-refractivity contribution in [2.24, 2.45) is 0 Å². The summed E-state index contributed by atoms with van der Waals surface area (Å²) in [6.07, 6.45) is 8.19. The maximum atomic E-state index is 13.0. The first-order chi connectivity index (χ1) is 17.1. The van der Waals surface area contributed by atoms with Crippen LogP contribution in [0.2, 0.25) is 0 Å². The molecule has 3 aromatic heterocycles. The molecule has 4 N–H and O–H groups in total. The lowest BCUT2D eigenvalue weighted by atomic mass is 10.1. The van der Waals surface area contributed by atoms with Gasteiger partial charge < -0.3 is 10.8 Å². The van der Waals surface area contributed by atoms with Gasteiger partial charge >= 0.3 is 0 Å². The van der Waals surface area contributed by atoms with Gasteiger partial charge in [-0.3, -0.25) is 9.67 Å². The molecular formula is C25H29N7O3S. The van der Waals surface area contributed by atoms with Crippen LogP contribution in [0.3, 0.4) is 0 Å². The van der Waals surface area contributed by atoms with Crippen LogP contribution in [-0.2, 0) is 16.6 Å². The molecule has 0 radical (unpaired) electrons. The largest absolute Gasteiger partial charge is 0.393 e. The Morgan fingerprint density at radius 2 is 1.89 bits per heavy atom. The fourth-order valence-corrected chi connectivity index (χ4v) is 5.21. The maximum Gasteiger partial charge on any atom is 0.240 e. The van der Waals surface area contributed by atoms with Crippen molar-refractivity contribution < 1.29 is 13.5 Å². The Morgan fingerprint density at radius 3 is 2.61 bits per heavy atom. The Hall–Kier alpha value is -3.67. The smallest absolute Gasteiger partial charge is 0.240 e. The van der Waals surface area contributed by atoms with Gasteiger partial charge in [0.15, 0.2) is 0 Å². The molecule has 10 nitrogen and oxygen atoms in total. The predicted molar refractivity (Wildman–Crippen MR) is 137 cm³/mol. The molecule has 188 valence electrons. The first-order valence-corrected chi connectivity index (χ1v) is 13.0. The quantitative estimate of drug-likeness (QED) is 0.313. The summed E-state index contributed by atoms with van der Waals surface area (Å²) >= 11 is 0. The van der Waals surface area contributed by atoms with Gasteiger partial charge in [0.2, 0.25) is 10.0 Å². The number of anilines is 1. The van der Waals surface area contributed by atoms with E-state index in [-0.39, 0.29) is 10.7 Å². The molecule has 0 amide bonds. The van der Waals surface area contributed by atoms with Crippen LogP contribution in [0.5, 0.6) is 0 Å². The number of nitrogen functional groups attached to an aromatic ring is 1. The number of nitrogens with zero attached hydrogens (tertiary/aromatic N) is 5. The predicted octanol–water partition coefficient (Wildman–Crippen LogP) is 2.78. The minimum atomic E-state index is -3.80. The number of aliphatic hydroxyl groups is 1. The molecule has 36 heavy (non-hydrogen) atoms. The van der Waals surface area contributed by atoms with Crippen molar-refractivity contribution in [3.8, 4) is 22.5 Å². The number of sulfonamides is 1. The number of hydrogen-bond acceptors (Lipinski definition) is 8. The van der Waals surface area contributed by atoms with E-state index in [9.17, 15) is 13.5 Å². The molecule has 0 aliphatic carbocycles. The Bertz CT molecular complexity index is 1450. The third kappa shape index (κ3) is 5.93. The number of pyridine rings is 1. The molecule has 3 heterocycles. The van der Waals surface area contributed by atoms with Crippen molar-refractivity contribution in [3.05, 3.63) is 72.4 Å². The highest BCUT2D eigenvalue weighted by Gasteiger charge is 2.21. The van der Waals surface area contributed by atoms with E-state index in [1.807, 2.05) is 25.3 Å². The zero-order valence-electron chi connectivity index (χ0n) is 20.3. The van der Waals surface area contributed by atoms with Crippen LogP contribution >= 0.6 is 0 Å². The molecule has 0 aliphatic heterocycles. The Morgan fingerprint density at radius 1 is 1.14 bits per heavy atom. The molecule has 4 rings (SSSR count). The molecule has 4 aromatic rings. The second-order valence-electron chi connectivity index (χ2n) is 8.85. The second-order valence-corrected chi connectivity index (χ2v) is 10.6. The average Bonchev–Trinajstić information content (AvgIpc) is 3.27. The first kappa shape index (κ1) is 25.4. The first-order valence-electron chi connectivity index (χ1n) is 11.5. The van der Waals surface area contributed by atoms with Gasteiger partial charge in [0.25, 0.3) is 0 Å². The third-order valence-electron chi connectivity index (χ3n) is 5.65. The van der Waals surface area contributed by atoms with Gasteiger partial charge in [-0.1, -0.05) is 6.07 Å². The molecule has 0 saturated heterocycles. The SMILES string of the molecule is Cc1ccc(S(=O)(=O)NC(C)CC(C)O)cc1-c1cnc(N)c(-c2cnn(Cc3ccncc3)c2)n1. The minimum absolute atomic E-state index is 0.103. The van der Waals surface area contributed by atoms with Crippen molar-refractivity contribution in [2.45, 2.75) is 50.8 Å². The highest BCUT2D eigenvalue weighted by atomic mass is 32.2. The van der Waals surface area contributed by atoms with Crippen LogP contribution < -0.4 is 10.5 Å². The van der Waals surface area contributed by atoms with Gasteiger partial charge in [-0.05, 0) is 62.6 Å². The van der Waals surface area contributed by atoms with Crippen molar-refractivity contribution in [3.63, 3.8) is 0 Å². The van der Waals surface area contributed by atoms with E-state index in [2.05, 4.69) is 19.8 Å². The lowest BCUT2D eigenvalue weighted by Crippen LogP contribution is -2.34. The number of hydrogen-bond donors (Lipinski definition) is 3. The van der Waals surface area contributed by atoms with Crippen LogP contribution in [0.1, 0.15) is 31.4 Å². The van der Waals surface area contributed by atoms with Gasteiger partial charge in [-0.25, -0.2) is 23.1 Å². The maximum absolute atomic E-state index is 13.0. The average molecular weight is 508 g/mol. The molecule has 2 atom stereocenters. The fourth-order valence-electron chi connectivity index (χ4n) is 3.93. The van der Waals surface area contributed by atoms with E-state index in [1.165, 1.54) is 6.20 Å². The molecule has 0 saturated carbocycles. The van der Waals surface area contributed by atoms with E-state index >= 15 is 0 Å². The molecule has 0 bridgehead atoms. The van der Waals surface area contributed by atoms with E-state index < -0.39 is 22.2 Å². The summed E-state index contributed by atoms with van der Waals surface area (Å²) in [6.45, 7) is 5.77. The number of aromatic nitrogens is 5. The Labute approximate surface area is 210 Å². The summed E-state index contributed by atoms with van der Waals surface area (Å²) < 4.78 is 30.3. The lowest BCUT2D eigenvalue weighted by Gasteiger charge is -2.16. The lowest BCUT2D eigenvalue weighted by molar-refractivity contribution is 0.175. The highest BCUT2D eigenvalue weighted by molar-refractivity contribution is 7.89. The second kappa shape index (κ2) is 10.5. The van der Waals surface area contributed by atoms with E-state index in [1.54, 1.807) is 55.3 Å². The molecule has 0 spiro atoms. The molecular weight excluding hydrogens is 478 g/mol. The van der Waals surface area contributed by atoms with E-state index in [4.69, 9.17) is 10.7 Å². The summed E-state index contributed by atoms with van der Waals surface area (Å²) in [5, 5.41) is 14.0. The molecule has 2 unspecified atom stereocenters. The molecule has 0 aliphatic rings. The van der Waals surface area contributed by atoms with Crippen LogP contribution in [0.15, 0.2) is 66.2 Å². The summed E-state index contributed by atoms with van der Waals surface area (Å²) in [5.74, 6) is 0.247. The van der Waals surface area contributed by atoms with Crippen LogP contribution in [-0.4, -0.2) is 50.4 Å². The summed E-state index contributed by atoms with van der Waals surface area (Å²) in [4.78, 5) is 13.2. The van der Waals surface area contributed by atoms with Crippen LogP contribution in [0.25, 0.3) is 22.5 Å². The number of nitrogens with two attached hydrogens (primary N) is 1. The number of aliphatic hydroxyl groups excluding tert-OH is 1. The monoisotopic (exact) mass is 507 g/mol. The van der Waals surface area contributed by atoms with Gasteiger partial charge in [0, 0.05) is 35.8 Å². The summed E-state index contributed by atoms with van der Waals surface area (Å²) in [7, 11) is -3.80. The Kier molecular flexibility index (Phi) is 7.43. The molecule has 11 heteroatoms. The fraction of sp³-hybridized carbons (Fsp3) is 0.280. The van der Waals surface area contributed by atoms with Gasteiger partial charge in [0.05, 0.1) is 35.6 Å². The van der Waals surface area contributed by atoms with Gasteiger partial charge in [-0.2, -0.15) is 5.10 Å². The zero-order valence-corrected chi connectivity index (χ0v) is 21.1. The van der Waals surface area contributed by atoms with Crippen LogP contribution in [0, 0.1) is 6.92 Å². The normalized spacial score (nSPS) is 13.4. The molecule has 0 fully saturated rings. The highest BCUT2D eigenvalue weighted by Crippen LogP contribution is 2.29. The standard InChI is InChI=1S/C25H29N7O3S/c1-16-4-5-21(36(34,35)31-17(2)10-18(3)33)11-22(16)23-13-28-25(26)24(30-23)20-12-29-32(15-20)14-19-6-8-27-9-7-19/h4-9,11-13,15,17-18,31,33H,10,14H2,1-3H3,(H2,26,28). The minimum Gasteiger partial charge on any atom is -0.393 e. The number of rotatable bonds is 9. The summed E-state index contributed by atoms with van der Waals surface area (Å²) in [5.41, 5.74) is 10.3. The number of nitrogens with one attached hydrogen (secondary N) is 1. The van der Waals surface area contributed by atoms with E-state index in [0.717, 1.165) is 11.1 Å². The van der Waals surface area contributed by atoms with Gasteiger partial charge in [0.1, 0.15) is 11.5 Å². The zero-order chi connectivity index (χ0) is 25.9.